The van der Waals surface area contributed by atoms with Gasteiger partial charge >= 0.3 is 0 Å². The van der Waals surface area contributed by atoms with Crippen LogP contribution in [0.1, 0.15) is 16.7 Å². The Morgan fingerprint density at radius 3 is 2.27 bits per heavy atom. The third kappa shape index (κ3) is 4.58. The van der Waals surface area contributed by atoms with Crippen LogP contribution in [-0.2, 0) is 13.0 Å². The van der Waals surface area contributed by atoms with Crippen LogP contribution in [-0.4, -0.2) is 5.55 Å². The maximum atomic E-state index is 3.88. The molecule has 0 radical (unpaired) electrons. The van der Waals surface area contributed by atoms with E-state index in [4.69, 9.17) is 0 Å². The van der Waals surface area contributed by atoms with Crippen LogP contribution in [0.3, 0.4) is 0 Å². The van der Waals surface area contributed by atoms with E-state index in [1.165, 1.54) is 34.1 Å². The molecule has 0 fully saturated rings. The number of fused-ring (bicyclic) bond motifs is 2. The molecule has 0 saturated heterocycles. The summed E-state index contributed by atoms with van der Waals surface area (Å²) in [4.78, 5) is 0. The van der Waals surface area contributed by atoms with Gasteiger partial charge in [0.1, 0.15) is 0 Å². The van der Waals surface area contributed by atoms with E-state index in [-0.39, 0.29) is 0 Å². The van der Waals surface area contributed by atoms with Crippen LogP contribution >= 0.6 is 11.8 Å². The van der Waals surface area contributed by atoms with E-state index in [0.717, 1.165) is 29.4 Å². The predicted octanol–water partition coefficient (Wildman–Crippen LogP) is 4.67. The minimum Gasteiger partial charge on any atom is -0.381 e. The normalized spacial score (nSPS) is 15.5. The van der Waals surface area contributed by atoms with Crippen molar-refractivity contribution in [3.63, 3.8) is 0 Å². The minimum absolute atomic E-state index is 0.898. The smallest absolute Gasteiger partial charge is 0.0877 e. The van der Waals surface area contributed by atoms with Crippen molar-refractivity contribution >= 4 is 28.7 Å². The van der Waals surface area contributed by atoms with Gasteiger partial charge in [0.2, 0.25) is 0 Å². The monoisotopic (exact) mass is 362 g/mol. The number of hydrogen-bond acceptors (Lipinski definition) is 5. The molecule has 2 aromatic carbocycles. The molecule has 0 saturated carbocycles. The lowest BCUT2D eigenvalue weighted by atomic mass is 10.1. The summed E-state index contributed by atoms with van der Waals surface area (Å²) >= 11 is 1.50. The van der Waals surface area contributed by atoms with E-state index >= 15 is 0 Å². The molecule has 5 rings (SSSR count). The Hall–Kier alpha value is -2.92. The first kappa shape index (κ1) is 17.9. The van der Waals surface area contributed by atoms with Crippen molar-refractivity contribution < 1.29 is 0 Å². The number of para-hydroxylation sites is 1. The molecule has 0 amide bonds. The fourth-order valence-electron chi connectivity index (χ4n) is 2.74. The van der Waals surface area contributed by atoms with Crippen LogP contribution < -0.4 is 16.1 Å². The van der Waals surface area contributed by atoms with E-state index in [1.807, 2.05) is 12.1 Å². The highest BCUT2D eigenvalue weighted by Gasteiger charge is 2.11. The zero-order chi connectivity index (χ0) is 18.4. The van der Waals surface area contributed by atoms with Crippen LogP contribution in [0.5, 0.6) is 0 Å². The van der Waals surface area contributed by atoms with Crippen molar-refractivity contribution in [3.8, 4) is 0 Å². The molecule has 3 N–H and O–H groups in total. The van der Waals surface area contributed by atoms with Gasteiger partial charge in [-0.2, -0.15) is 5.10 Å². The molecule has 0 spiro atoms. The van der Waals surface area contributed by atoms with Gasteiger partial charge in [-0.05, 0) is 17.2 Å². The van der Waals surface area contributed by atoms with Crippen LogP contribution in [0.2, 0.25) is 0 Å². The molecule has 0 aromatic heterocycles. The Balaban J connectivity index is 0.000000117. The van der Waals surface area contributed by atoms with E-state index in [2.05, 4.69) is 77.3 Å². The Labute approximate surface area is 158 Å². The number of rotatable bonds is 0. The third-order valence-corrected chi connectivity index (χ3v) is 4.59. The van der Waals surface area contributed by atoms with E-state index in [9.17, 15) is 0 Å². The second kappa shape index (κ2) is 8.45. The molecule has 3 heterocycles. The number of hydrogen-bond donors (Lipinski definition) is 3. The molecule has 0 unspecified atom stereocenters. The second-order valence-electron chi connectivity index (χ2n) is 5.94. The average Bonchev–Trinajstić information content (AvgIpc) is 3.36. The van der Waals surface area contributed by atoms with Gasteiger partial charge in [-0.1, -0.05) is 74.0 Å². The van der Waals surface area contributed by atoms with Gasteiger partial charge in [-0.15, -0.1) is 0 Å². The molecule has 2 aromatic rings. The summed E-state index contributed by atoms with van der Waals surface area (Å²) in [5.74, 6) is 0. The number of nitrogens with zero attached hydrogens (tertiary/aromatic N) is 1. The first-order chi connectivity index (χ1) is 12.6. The summed E-state index contributed by atoms with van der Waals surface area (Å²) in [6.07, 6.45) is 0.982. The highest BCUT2D eigenvalue weighted by atomic mass is 32.2. The average molecular weight is 363 g/mol. The molecule has 0 atom stereocenters. The third-order valence-electron chi connectivity index (χ3n) is 4.00. The topological polar surface area (TPSA) is 48.4 Å². The summed E-state index contributed by atoms with van der Waals surface area (Å²) < 4.78 is 0. The fourth-order valence-corrected chi connectivity index (χ4v) is 3.08. The Bertz CT molecular complexity index is 833. The van der Waals surface area contributed by atoms with Gasteiger partial charge in [0.25, 0.3) is 0 Å². The van der Waals surface area contributed by atoms with Crippen LogP contribution in [0.15, 0.2) is 84.1 Å². The number of nitrogens with one attached hydrogen (secondary N) is 3. The highest BCUT2D eigenvalue weighted by molar-refractivity contribution is 8.15. The molecule has 3 aliphatic heterocycles. The summed E-state index contributed by atoms with van der Waals surface area (Å²) in [5, 5.41) is 10.9. The van der Waals surface area contributed by atoms with Crippen molar-refractivity contribution in [1.82, 2.24) is 10.7 Å². The number of hydrazone groups is 1. The van der Waals surface area contributed by atoms with E-state index in [0.29, 0.717) is 0 Å². The molecule has 4 nitrogen and oxygen atoms in total. The maximum Gasteiger partial charge on any atom is 0.0877 e. The van der Waals surface area contributed by atoms with Gasteiger partial charge < -0.3 is 10.6 Å². The molecule has 5 heteroatoms. The molecular formula is C21H22N4S. The van der Waals surface area contributed by atoms with Crippen LogP contribution in [0.25, 0.3) is 5.70 Å². The maximum absolute atomic E-state index is 3.88. The van der Waals surface area contributed by atoms with Crippen LogP contribution in [0, 0.1) is 0 Å². The molecule has 3 aliphatic rings. The molecular weight excluding hydrogens is 340 g/mol. The number of benzene rings is 2. The minimum atomic E-state index is 0.898. The molecule has 26 heavy (non-hydrogen) atoms. The first-order valence-corrected chi connectivity index (χ1v) is 9.18. The van der Waals surface area contributed by atoms with Gasteiger partial charge in [-0.25, -0.2) is 0 Å². The van der Waals surface area contributed by atoms with Gasteiger partial charge in [0.05, 0.1) is 10.6 Å². The van der Waals surface area contributed by atoms with Crippen LogP contribution in [0.4, 0.5) is 5.69 Å². The Kier molecular flexibility index (Phi) is 5.81. The Morgan fingerprint density at radius 1 is 0.923 bits per heavy atom. The van der Waals surface area contributed by atoms with Crippen molar-refractivity contribution in [2.45, 2.75) is 13.0 Å². The molecule has 0 bridgehead atoms. The SMILES string of the molecule is C=C1Cc2ccccc2N1.C=C1NCc2ccccc21.C=C1NN=CS1. The summed E-state index contributed by atoms with van der Waals surface area (Å²) in [6.45, 7) is 12.3. The van der Waals surface area contributed by atoms with Crippen molar-refractivity contribution in [1.29, 1.82) is 0 Å². The second-order valence-corrected chi connectivity index (χ2v) is 6.88. The fraction of sp³-hybridized carbons (Fsp3) is 0.0952. The number of anilines is 1. The van der Waals surface area contributed by atoms with Gasteiger partial charge in [-0.3, -0.25) is 5.43 Å². The largest absolute Gasteiger partial charge is 0.381 e. The Morgan fingerprint density at radius 2 is 1.65 bits per heavy atom. The quantitative estimate of drug-likeness (QED) is 0.638. The van der Waals surface area contributed by atoms with Crippen molar-refractivity contribution in [2.24, 2.45) is 5.10 Å². The summed E-state index contributed by atoms with van der Waals surface area (Å²) in [6, 6.07) is 16.6. The van der Waals surface area contributed by atoms with Crippen molar-refractivity contribution in [3.05, 3.63) is 95.7 Å². The highest BCUT2D eigenvalue weighted by Crippen LogP contribution is 2.25. The van der Waals surface area contributed by atoms with Crippen molar-refractivity contribution in [2.75, 3.05) is 5.32 Å². The lowest BCUT2D eigenvalue weighted by Gasteiger charge is -1.95. The molecule has 132 valence electrons. The lowest BCUT2D eigenvalue weighted by molar-refractivity contribution is 0.946. The predicted molar refractivity (Wildman–Crippen MR) is 114 cm³/mol. The lowest BCUT2D eigenvalue weighted by Crippen LogP contribution is -1.98. The molecule has 0 aliphatic carbocycles. The first-order valence-electron chi connectivity index (χ1n) is 8.30. The zero-order valence-corrected chi connectivity index (χ0v) is 15.4. The van der Waals surface area contributed by atoms with E-state index < -0.39 is 0 Å². The standard InChI is InChI=1S/2C9H9N.C3H4N2S/c1-7-9-5-3-2-4-8(9)6-10-7;1-7-6-8-4-2-3-5-9(8)10-7;1-3-5-4-2-6-3/h2*2-5,10H,1,6H2;2,5H,1H2. The summed E-state index contributed by atoms with van der Waals surface area (Å²) in [7, 11) is 0. The summed E-state index contributed by atoms with van der Waals surface area (Å²) in [5.41, 5.74) is 11.7. The number of allylic oxidation sites excluding steroid dienone is 1. The van der Waals surface area contributed by atoms with E-state index in [1.54, 1.807) is 5.55 Å². The van der Waals surface area contributed by atoms with Gasteiger partial charge in [0, 0.05) is 35.6 Å². The zero-order valence-electron chi connectivity index (χ0n) is 14.6. The number of thioether (sulfide) groups is 1. The van der Waals surface area contributed by atoms with Gasteiger partial charge in [0.15, 0.2) is 0 Å².